The van der Waals surface area contributed by atoms with Crippen LogP contribution in [-0.2, 0) is 0 Å². The van der Waals surface area contributed by atoms with Crippen molar-refractivity contribution in [1.82, 2.24) is 19.8 Å². The van der Waals surface area contributed by atoms with E-state index in [1.165, 1.54) is 11.3 Å². The van der Waals surface area contributed by atoms with E-state index in [1.807, 2.05) is 18.7 Å². The van der Waals surface area contributed by atoms with Gasteiger partial charge in [0, 0.05) is 43.0 Å². The first kappa shape index (κ1) is 22.6. The second-order valence-corrected chi connectivity index (χ2v) is 9.83. The number of hydrogen-bond acceptors (Lipinski definition) is 7. The largest absolute Gasteiger partial charge is 0.493 e. The van der Waals surface area contributed by atoms with E-state index in [0.717, 1.165) is 45.0 Å². The van der Waals surface area contributed by atoms with Crippen LogP contribution in [-0.4, -0.2) is 72.0 Å². The lowest BCUT2D eigenvalue weighted by Gasteiger charge is -2.34. The Bertz CT molecular complexity index is 1280. The van der Waals surface area contributed by atoms with Crippen LogP contribution < -0.4 is 9.47 Å². The monoisotopic (exact) mass is 480 g/mol. The Morgan fingerprint density at radius 3 is 2.21 bits per heavy atom. The van der Waals surface area contributed by atoms with E-state index in [-0.39, 0.29) is 11.8 Å². The van der Waals surface area contributed by atoms with Crippen molar-refractivity contribution in [2.75, 3.05) is 40.4 Å². The lowest BCUT2D eigenvalue weighted by atomic mass is 10.1. The summed E-state index contributed by atoms with van der Waals surface area (Å²) in [5.74, 6) is 2.41. The summed E-state index contributed by atoms with van der Waals surface area (Å²) in [6.07, 6.45) is 2.29. The zero-order valence-electron chi connectivity index (χ0n) is 19.9. The number of piperazine rings is 1. The van der Waals surface area contributed by atoms with Crippen molar-refractivity contribution in [3.63, 3.8) is 0 Å². The number of aromatic nitrogens is 2. The lowest BCUT2D eigenvalue weighted by molar-refractivity contribution is 0.0537. The number of nitrogens with zero attached hydrogens (tertiary/aromatic N) is 4. The number of ether oxygens (including phenoxy) is 2. The molecule has 2 amide bonds. The van der Waals surface area contributed by atoms with Crippen molar-refractivity contribution < 1.29 is 19.1 Å². The molecule has 34 heavy (non-hydrogen) atoms. The average molecular weight is 481 g/mol. The third-order valence-electron chi connectivity index (χ3n) is 6.61. The fourth-order valence-corrected chi connectivity index (χ4v) is 5.70. The Labute approximate surface area is 202 Å². The summed E-state index contributed by atoms with van der Waals surface area (Å²) in [7, 11) is 3.11. The zero-order chi connectivity index (χ0) is 24.0. The van der Waals surface area contributed by atoms with Gasteiger partial charge in [-0.1, -0.05) is 0 Å². The standard InChI is InChI=1S/C25H28N4O4S/c1-14-20-15(2)26-22(16-5-6-16)27-23(20)34-21(14)25(31)29-11-9-28(10-12-29)24(30)17-7-8-18(32-3)19(13-17)33-4/h7-8,13,16H,5-6,9-12H2,1-4H3. The maximum Gasteiger partial charge on any atom is 0.264 e. The molecule has 0 spiro atoms. The summed E-state index contributed by atoms with van der Waals surface area (Å²) in [6.45, 7) is 5.92. The molecule has 0 unspecified atom stereocenters. The Hall–Kier alpha value is -3.20. The number of aryl methyl sites for hydroxylation is 2. The second-order valence-electron chi connectivity index (χ2n) is 8.83. The first-order valence-corrected chi connectivity index (χ1v) is 12.3. The average Bonchev–Trinajstić information content (AvgIpc) is 3.66. The second kappa shape index (κ2) is 8.87. The Morgan fingerprint density at radius 2 is 1.59 bits per heavy atom. The SMILES string of the molecule is COc1ccc(C(=O)N2CCN(C(=O)c3sc4nc(C5CC5)nc(C)c4c3C)CC2)cc1OC. The maximum absolute atomic E-state index is 13.4. The highest BCUT2D eigenvalue weighted by Gasteiger charge is 2.31. The van der Waals surface area contributed by atoms with Crippen LogP contribution in [0.3, 0.4) is 0 Å². The summed E-state index contributed by atoms with van der Waals surface area (Å²) in [6, 6.07) is 5.16. The molecule has 1 aliphatic heterocycles. The first-order chi connectivity index (χ1) is 16.4. The van der Waals surface area contributed by atoms with Crippen LogP contribution in [0.15, 0.2) is 18.2 Å². The minimum absolute atomic E-state index is 0.00564. The number of carbonyl (C=O) groups excluding carboxylic acids is 2. The van der Waals surface area contributed by atoms with E-state index >= 15 is 0 Å². The third-order valence-corrected chi connectivity index (χ3v) is 7.78. The van der Waals surface area contributed by atoms with Gasteiger partial charge in [0.05, 0.1) is 24.8 Å². The van der Waals surface area contributed by atoms with Gasteiger partial charge in [0.1, 0.15) is 10.7 Å². The number of hydrogen-bond donors (Lipinski definition) is 0. The van der Waals surface area contributed by atoms with Crippen molar-refractivity contribution in [2.24, 2.45) is 0 Å². The quantitative estimate of drug-likeness (QED) is 0.552. The highest BCUT2D eigenvalue weighted by atomic mass is 32.1. The summed E-state index contributed by atoms with van der Waals surface area (Å²) in [4.78, 5) is 41.1. The molecular weight excluding hydrogens is 452 g/mol. The van der Waals surface area contributed by atoms with Crippen molar-refractivity contribution in [3.05, 3.63) is 45.7 Å². The number of amides is 2. The molecule has 9 heteroatoms. The number of benzene rings is 1. The van der Waals surface area contributed by atoms with Gasteiger partial charge in [-0.2, -0.15) is 0 Å². The number of thiophene rings is 1. The van der Waals surface area contributed by atoms with Crippen LogP contribution >= 0.6 is 11.3 Å². The van der Waals surface area contributed by atoms with Crippen molar-refractivity contribution in [1.29, 1.82) is 0 Å². The molecule has 3 heterocycles. The van der Waals surface area contributed by atoms with Gasteiger partial charge in [0.25, 0.3) is 11.8 Å². The molecule has 1 saturated carbocycles. The van der Waals surface area contributed by atoms with E-state index in [2.05, 4.69) is 0 Å². The summed E-state index contributed by atoms with van der Waals surface area (Å²) < 4.78 is 10.6. The predicted octanol–water partition coefficient (Wildman–Crippen LogP) is 3.80. The van der Waals surface area contributed by atoms with E-state index in [0.29, 0.717) is 49.2 Å². The maximum atomic E-state index is 13.4. The van der Waals surface area contributed by atoms with E-state index in [1.54, 1.807) is 37.3 Å². The molecule has 2 fully saturated rings. The van der Waals surface area contributed by atoms with Crippen LogP contribution in [0.25, 0.3) is 10.2 Å². The minimum atomic E-state index is -0.0791. The summed E-state index contributed by atoms with van der Waals surface area (Å²) in [5.41, 5.74) is 2.44. The fourth-order valence-electron chi connectivity index (χ4n) is 4.50. The van der Waals surface area contributed by atoms with Crippen molar-refractivity contribution in [2.45, 2.75) is 32.6 Å². The molecular formula is C25H28N4O4S. The van der Waals surface area contributed by atoms with E-state index in [4.69, 9.17) is 19.4 Å². The number of fused-ring (bicyclic) bond motifs is 1. The normalized spacial score (nSPS) is 16.1. The first-order valence-electron chi connectivity index (χ1n) is 11.5. The van der Waals surface area contributed by atoms with Crippen molar-refractivity contribution in [3.8, 4) is 11.5 Å². The van der Waals surface area contributed by atoms with Gasteiger partial charge < -0.3 is 19.3 Å². The van der Waals surface area contributed by atoms with Gasteiger partial charge in [0.15, 0.2) is 11.5 Å². The number of rotatable bonds is 5. The highest BCUT2D eigenvalue weighted by molar-refractivity contribution is 7.20. The third kappa shape index (κ3) is 3.98. The molecule has 8 nitrogen and oxygen atoms in total. The van der Waals surface area contributed by atoms with Gasteiger partial charge in [0.2, 0.25) is 0 Å². The summed E-state index contributed by atoms with van der Waals surface area (Å²) >= 11 is 1.46. The van der Waals surface area contributed by atoms with Crippen LogP contribution in [0.2, 0.25) is 0 Å². The van der Waals surface area contributed by atoms with Gasteiger partial charge in [-0.25, -0.2) is 9.97 Å². The van der Waals surface area contributed by atoms with Crippen molar-refractivity contribution >= 4 is 33.4 Å². The van der Waals surface area contributed by atoms with Crippen LogP contribution in [0.4, 0.5) is 0 Å². The topological polar surface area (TPSA) is 84.9 Å². The molecule has 0 atom stereocenters. The highest BCUT2D eigenvalue weighted by Crippen LogP contribution is 2.40. The van der Waals surface area contributed by atoms with Gasteiger partial charge in [-0.3, -0.25) is 9.59 Å². The lowest BCUT2D eigenvalue weighted by Crippen LogP contribution is -2.50. The molecule has 1 aromatic carbocycles. The fraction of sp³-hybridized carbons (Fsp3) is 0.440. The Kier molecular flexibility index (Phi) is 5.89. The van der Waals surface area contributed by atoms with Crippen LogP contribution in [0.5, 0.6) is 11.5 Å². The number of carbonyl (C=O) groups is 2. The smallest absolute Gasteiger partial charge is 0.264 e. The molecule has 3 aromatic rings. The van der Waals surface area contributed by atoms with E-state index in [9.17, 15) is 9.59 Å². The van der Waals surface area contributed by atoms with Gasteiger partial charge >= 0.3 is 0 Å². The predicted molar refractivity (Wildman–Crippen MR) is 130 cm³/mol. The molecule has 2 aliphatic rings. The number of methoxy groups -OCH3 is 2. The van der Waals surface area contributed by atoms with E-state index < -0.39 is 0 Å². The Morgan fingerprint density at radius 1 is 0.941 bits per heavy atom. The van der Waals surface area contributed by atoms with Gasteiger partial charge in [-0.05, 0) is 50.5 Å². The van der Waals surface area contributed by atoms with Crippen LogP contribution in [0.1, 0.15) is 55.9 Å². The molecule has 1 aliphatic carbocycles. The molecule has 0 radical (unpaired) electrons. The van der Waals surface area contributed by atoms with Crippen LogP contribution in [0, 0.1) is 13.8 Å². The molecule has 178 valence electrons. The molecule has 0 bridgehead atoms. The zero-order valence-corrected chi connectivity index (χ0v) is 20.7. The van der Waals surface area contributed by atoms with Gasteiger partial charge in [-0.15, -0.1) is 11.3 Å². The minimum Gasteiger partial charge on any atom is -0.493 e. The molecule has 1 saturated heterocycles. The molecule has 0 N–H and O–H groups in total. The Balaban J connectivity index is 1.30. The molecule has 5 rings (SSSR count). The summed E-state index contributed by atoms with van der Waals surface area (Å²) in [5, 5.41) is 1.00. The molecule has 2 aromatic heterocycles.